The fourth-order valence-electron chi connectivity index (χ4n) is 4.41. The second kappa shape index (κ2) is 11.7. The minimum Gasteiger partial charge on any atom is -0.465 e. The van der Waals surface area contributed by atoms with E-state index in [1.807, 2.05) is 0 Å². The van der Waals surface area contributed by atoms with Crippen LogP contribution < -0.4 is 4.74 Å². The van der Waals surface area contributed by atoms with Crippen LogP contribution in [-0.4, -0.2) is 12.9 Å². The maximum Gasteiger partial charge on any atom is 0.200 e. The lowest BCUT2D eigenvalue weighted by molar-refractivity contribution is -0.0944. The third kappa shape index (κ3) is 7.86. The average Bonchev–Trinajstić information content (AvgIpc) is 2.64. The molecular formula is C25H42O2. The molecule has 0 amide bonds. The van der Waals surface area contributed by atoms with E-state index in [9.17, 15) is 0 Å². The molecule has 2 nitrogen and oxygen atoms in total. The van der Waals surface area contributed by atoms with Gasteiger partial charge in [0.2, 0.25) is 0 Å². The molecule has 27 heavy (non-hydrogen) atoms. The van der Waals surface area contributed by atoms with E-state index in [-0.39, 0.29) is 6.29 Å². The van der Waals surface area contributed by atoms with Gasteiger partial charge in [0.15, 0.2) is 6.29 Å². The fraction of sp³-hybridized carbons (Fsp3) is 0.760. The van der Waals surface area contributed by atoms with E-state index >= 15 is 0 Å². The third-order valence-electron chi connectivity index (χ3n) is 6.04. The van der Waals surface area contributed by atoms with Crippen molar-refractivity contribution in [2.24, 2.45) is 17.8 Å². The molecule has 0 N–H and O–H groups in total. The van der Waals surface area contributed by atoms with Crippen LogP contribution in [0.5, 0.6) is 5.75 Å². The highest BCUT2D eigenvalue weighted by atomic mass is 16.7. The summed E-state index contributed by atoms with van der Waals surface area (Å²) in [6.07, 6.45) is 10.2. The monoisotopic (exact) mass is 374 g/mol. The molecule has 1 saturated carbocycles. The van der Waals surface area contributed by atoms with Crippen LogP contribution in [0.1, 0.15) is 97.5 Å². The molecule has 0 saturated heterocycles. The Hall–Kier alpha value is -1.02. The SMILES string of the molecule is CCC(c1ccc(OC(CC(C)C)OCCC2CCCCC2)cc1)C(C)C. The lowest BCUT2D eigenvalue weighted by Crippen LogP contribution is -2.24. The summed E-state index contributed by atoms with van der Waals surface area (Å²) in [7, 11) is 0. The van der Waals surface area contributed by atoms with Gasteiger partial charge in [-0.05, 0) is 54.2 Å². The molecule has 2 unspecified atom stereocenters. The van der Waals surface area contributed by atoms with Crippen molar-refractivity contribution < 1.29 is 9.47 Å². The zero-order chi connectivity index (χ0) is 19.6. The molecule has 2 rings (SSSR count). The molecule has 1 aromatic rings. The van der Waals surface area contributed by atoms with Crippen LogP contribution in [0.25, 0.3) is 0 Å². The largest absolute Gasteiger partial charge is 0.465 e. The van der Waals surface area contributed by atoms with Crippen LogP contribution in [-0.2, 0) is 4.74 Å². The van der Waals surface area contributed by atoms with Crippen molar-refractivity contribution in [2.45, 2.75) is 98.2 Å². The maximum absolute atomic E-state index is 6.22. The van der Waals surface area contributed by atoms with Crippen LogP contribution in [0.4, 0.5) is 0 Å². The van der Waals surface area contributed by atoms with Crippen molar-refractivity contribution in [1.82, 2.24) is 0 Å². The van der Waals surface area contributed by atoms with Crippen molar-refractivity contribution >= 4 is 0 Å². The molecule has 0 radical (unpaired) electrons. The van der Waals surface area contributed by atoms with Crippen molar-refractivity contribution in [3.05, 3.63) is 29.8 Å². The van der Waals surface area contributed by atoms with Gasteiger partial charge in [0, 0.05) is 6.42 Å². The first-order chi connectivity index (χ1) is 13.0. The Kier molecular flexibility index (Phi) is 9.68. The molecule has 1 aliphatic carbocycles. The Morgan fingerprint density at radius 1 is 0.963 bits per heavy atom. The van der Waals surface area contributed by atoms with Crippen LogP contribution in [0, 0.1) is 17.8 Å². The fourth-order valence-corrected chi connectivity index (χ4v) is 4.41. The molecule has 1 aromatic carbocycles. The second-order valence-electron chi connectivity index (χ2n) is 9.17. The highest BCUT2D eigenvalue weighted by molar-refractivity contribution is 5.29. The van der Waals surface area contributed by atoms with Gasteiger partial charge in [-0.25, -0.2) is 0 Å². The summed E-state index contributed by atoms with van der Waals surface area (Å²) >= 11 is 0. The van der Waals surface area contributed by atoms with Crippen LogP contribution in [0.3, 0.4) is 0 Å². The first-order valence-electron chi connectivity index (χ1n) is 11.4. The van der Waals surface area contributed by atoms with Gasteiger partial charge in [-0.2, -0.15) is 0 Å². The predicted molar refractivity (Wildman–Crippen MR) is 115 cm³/mol. The summed E-state index contributed by atoms with van der Waals surface area (Å²) in [5, 5.41) is 0. The van der Waals surface area contributed by atoms with Gasteiger partial charge in [0.05, 0.1) is 6.61 Å². The van der Waals surface area contributed by atoms with Crippen LogP contribution >= 0.6 is 0 Å². The Morgan fingerprint density at radius 2 is 1.63 bits per heavy atom. The number of ether oxygens (including phenoxy) is 2. The van der Waals surface area contributed by atoms with Gasteiger partial charge < -0.3 is 9.47 Å². The third-order valence-corrected chi connectivity index (χ3v) is 6.04. The summed E-state index contributed by atoms with van der Waals surface area (Å²) in [4.78, 5) is 0. The summed E-state index contributed by atoms with van der Waals surface area (Å²) in [5.74, 6) is 3.64. The smallest absolute Gasteiger partial charge is 0.200 e. The topological polar surface area (TPSA) is 18.5 Å². The summed E-state index contributed by atoms with van der Waals surface area (Å²) in [5.41, 5.74) is 1.42. The van der Waals surface area contributed by atoms with E-state index in [1.165, 1.54) is 50.5 Å². The van der Waals surface area contributed by atoms with E-state index in [4.69, 9.17) is 9.47 Å². The molecule has 2 heteroatoms. The van der Waals surface area contributed by atoms with Gasteiger partial charge in [-0.1, -0.05) is 78.9 Å². The van der Waals surface area contributed by atoms with E-state index in [0.717, 1.165) is 24.7 Å². The zero-order valence-corrected chi connectivity index (χ0v) is 18.4. The Morgan fingerprint density at radius 3 is 2.19 bits per heavy atom. The molecule has 1 fully saturated rings. The number of hydrogen-bond donors (Lipinski definition) is 0. The van der Waals surface area contributed by atoms with E-state index in [1.54, 1.807) is 0 Å². The zero-order valence-electron chi connectivity index (χ0n) is 18.4. The second-order valence-corrected chi connectivity index (χ2v) is 9.17. The Bertz CT molecular complexity index is 500. The van der Waals surface area contributed by atoms with Crippen molar-refractivity contribution in [3.63, 3.8) is 0 Å². The number of benzene rings is 1. The summed E-state index contributed by atoms with van der Waals surface area (Å²) in [6, 6.07) is 8.71. The minimum absolute atomic E-state index is 0.133. The molecule has 0 bridgehead atoms. The standard InChI is InChI=1S/C25H42O2/c1-6-24(20(4)5)22-12-14-23(15-13-22)27-25(18-19(2)3)26-17-16-21-10-8-7-9-11-21/h12-15,19-21,24-25H,6-11,16-18H2,1-5H3. The Labute approximate surface area is 168 Å². The average molecular weight is 375 g/mol. The first kappa shape index (κ1) is 22.3. The van der Waals surface area contributed by atoms with Crippen molar-refractivity contribution in [3.8, 4) is 5.75 Å². The molecule has 1 aliphatic rings. The molecule has 0 spiro atoms. The van der Waals surface area contributed by atoms with E-state index < -0.39 is 0 Å². The van der Waals surface area contributed by atoms with Crippen molar-refractivity contribution in [2.75, 3.05) is 6.61 Å². The van der Waals surface area contributed by atoms with Gasteiger partial charge in [-0.3, -0.25) is 0 Å². The van der Waals surface area contributed by atoms with Gasteiger partial charge in [0.1, 0.15) is 5.75 Å². The lowest BCUT2D eigenvalue weighted by atomic mass is 9.86. The Balaban J connectivity index is 1.88. The molecule has 0 aliphatic heterocycles. The molecule has 2 atom stereocenters. The van der Waals surface area contributed by atoms with Crippen molar-refractivity contribution in [1.29, 1.82) is 0 Å². The minimum atomic E-state index is -0.133. The molecule has 0 aromatic heterocycles. The lowest BCUT2D eigenvalue weighted by Gasteiger charge is -2.25. The van der Waals surface area contributed by atoms with E-state index in [0.29, 0.717) is 17.8 Å². The maximum atomic E-state index is 6.22. The highest BCUT2D eigenvalue weighted by Crippen LogP contribution is 2.30. The van der Waals surface area contributed by atoms with Gasteiger partial charge >= 0.3 is 0 Å². The van der Waals surface area contributed by atoms with Gasteiger partial charge in [-0.15, -0.1) is 0 Å². The van der Waals surface area contributed by atoms with Gasteiger partial charge in [0.25, 0.3) is 0 Å². The molecule has 154 valence electrons. The molecular weight excluding hydrogens is 332 g/mol. The number of hydrogen-bond acceptors (Lipinski definition) is 2. The first-order valence-corrected chi connectivity index (χ1v) is 11.4. The molecule has 0 heterocycles. The summed E-state index contributed by atoms with van der Waals surface area (Å²) in [6.45, 7) is 12.2. The highest BCUT2D eigenvalue weighted by Gasteiger charge is 2.18. The van der Waals surface area contributed by atoms with Crippen LogP contribution in [0.15, 0.2) is 24.3 Å². The van der Waals surface area contributed by atoms with E-state index in [2.05, 4.69) is 58.9 Å². The quantitative estimate of drug-likeness (QED) is 0.372. The normalized spacial score (nSPS) is 18.0. The predicted octanol–water partition coefficient (Wildman–Crippen LogP) is 7.57. The van der Waals surface area contributed by atoms with Crippen LogP contribution in [0.2, 0.25) is 0 Å². The summed E-state index contributed by atoms with van der Waals surface area (Å²) < 4.78 is 12.4. The number of rotatable bonds is 11.